The van der Waals surface area contributed by atoms with Crippen LogP contribution in [0, 0.1) is 0 Å². The van der Waals surface area contributed by atoms with E-state index in [2.05, 4.69) is 15.9 Å². The fourth-order valence-electron chi connectivity index (χ4n) is 1.65. The summed E-state index contributed by atoms with van der Waals surface area (Å²) in [6.07, 6.45) is 0.729. The third kappa shape index (κ3) is 2.46. The number of alkyl halides is 1. The Morgan fingerprint density at radius 1 is 1.38 bits per heavy atom. The summed E-state index contributed by atoms with van der Waals surface area (Å²) >= 11 is 3.40. The second-order valence-electron chi connectivity index (χ2n) is 4.01. The van der Waals surface area contributed by atoms with Crippen molar-refractivity contribution in [2.75, 3.05) is 7.11 Å². The lowest BCUT2D eigenvalue weighted by Gasteiger charge is -2.25. The molecular weight excluding hydrogens is 268 g/mol. The molecule has 0 heterocycles. The highest BCUT2D eigenvalue weighted by atomic mass is 79.9. The van der Waals surface area contributed by atoms with Crippen molar-refractivity contribution in [2.24, 2.45) is 0 Å². The number of esters is 1. The minimum absolute atomic E-state index is 0.179. The second-order valence-corrected chi connectivity index (χ2v) is 4.57. The molecule has 0 aliphatic rings. The van der Waals surface area contributed by atoms with Gasteiger partial charge in [0, 0.05) is 5.33 Å². The predicted molar refractivity (Wildman–Crippen MR) is 68.7 cm³/mol. The summed E-state index contributed by atoms with van der Waals surface area (Å²) in [6, 6.07) is 8.05. The van der Waals surface area contributed by atoms with Crippen LogP contribution in [0.4, 0.5) is 0 Å². The van der Waals surface area contributed by atoms with E-state index in [1.54, 1.807) is 0 Å². The molecule has 3 heteroatoms. The number of benzene rings is 1. The van der Waals surface area contributed by atoms with Crippen LogP contribution in [-0.2, 0) is 20.3 Å². The highest BCUT2D eigenvalue weighted by Crippen LogP contribution is 2.29. The summed E-state index contributed by atoms with van der Waals surface area (Å²) in [4.78, 5) is 11.8. The van der Waals surface area contributed by atoms with Gasteiger partial charge in [-0.2, -0.15) is 0 Å². The van der Waals surface area contributed by atoms with Crippen LogP contribution >= 0.6 is 15.9 Å². The topological polar surface area (TPSA) is 26.3 Å². The monoisotopic (exact) mass is 284 g/mol. The molecule has 0 radical (unpaired) electrons. The number of hydrogen-bond acceptors (Lipinski definition) is 2. The molecule has 1 rings (SSSR count). The van der Waals surface area contributed by atoms with Crippen LogP contribution in [0.5, 0.6) is 0 Å². The third-order valence-electron chi connectivity index (χ3n) is 3.09. The van der Waals surface area contributed by atoms with Crippen LogP contribution in [0.1, 0.15) is 31.4 Å². The minimum Gasteiger partial charge on any atom is -0.468 e. The molecule has 88 valence electrons. The Hall–Kier alpha value is -0.830. The average Bonchev–Trinajstić information content (AvgIpc) is 2.36. The molecule has 1 unspecified atom stereocenters. The molecule has 1 atom stereocenters. The molecule has 0 spiro atoms. The van der Waals surface area contributed by atoms with Crippen molar-refractivity contribution in [3.8, 4) is 0 Å². The molecular formula is C13H17BrO2. The van der Waals surface area contributed by atoms with Crippen molar-refractivity contribution < 1.29 is 9.53 Å². The van der Waals surface area contributed by atoms with Crippen molar-refractivity contribution in [3.05, 3.63) is 35.4 Å². The summed E-state index contributed by atoms with van der Waals surface area (Å²) in [7, 11) is 1.43. The first-order valence-electron chi connectivity index (χ1n) is 5.32. The van der Waals surface area contributed by atoms with E-state index in [1.165, 1.54) is 12.7 Å². The van der Waals surface area contributed by atoms with Gasteiger partial charge < -0.3 is 4.74 Å². The van der Waals surface area contributed by atoms with E-state index >= 15 is 0 Å². The van der Waals surface area contributed by atoms with Gasteiger partial charge in [-0.25, -0.2) is 0 Å². The predicted octanol–water partition coefficient (Wildman–Crippen LogP) is 3.42. The lowest BCUT2D eigenvalue weighted by atomic mass is 9.80. The fraction of sp³-hybridized carbons (Fsp3) is 0.462. The highest BCUT2D eigenvalue weighted by molar-refractivity contribution is 9.08. The highest BCUT2D eigenvalue weighted by Gasteiger charge is 2.34. The van der Waals surface area contributed by atoms with E-state index in [-0.39, 0.29) is 5.97 Å². The molecule has 0 aliphatic heterocycles. The lowest BCUT2D eigenvalue weighted by molar-refractivity contribution is -0.147. The van der Waals surface area contributed by atoms with Gasteiger partial charge in [0.15, 0.2) is 0 Å². The van der Waals surface area contributed by atoms with Crippen molar-refractivity contribution in [3.63, 3.8) is 0 Å². The Morgan fingerprint density at radius 3 is 2.31 bits per heavy atom. The normalized spacial score (nSPS) is 14.2. The summed E-state index contributed by atoms with van der Waals surface area (Å²) < 4.78 is 4.87. The molecule has 0 N–H and O–H groups in total. The van der Waals surface area contributed by atoms with Crippen LogP contribution in [0.15, 0.2) is 24.3 Å². The maximum absolute atomic E-state index is 11.8. The SMILES string of the molecule is CCC(C)(C(=O)OC)c1ccc(CBr)cc1. The maximum atomic E-state index is 11.8. The molecule has 0 fully saturated rings. The number of halogens is 1. The van der Waals surface area contributed by atoms with Crippen molar-refractivity contribution in [1.82, 2.24) is 0 Å². The average molecular weight is 285 g/mol. The second kappa shape index (κ2) is 5.48. The van der Waals surface area contributed by atoms with Crippen molar-refractivity contribution in [1.29, 1.82) is 0 Å². The van der Waals surface area contributed by atoms with E-state index in [4.69, 9.17) is 4.74 Å². The van der Waals surface area contributed by atoms with Gasteiger partial charge in [0.1, 0.15) is 0 Å². The zero-order chi connectivity index (χ0) is 12.2. The van der Waals surface area contributed by atoms with Gasteiger partial charge in [-0.1, -0.05) is 47.1 Å². The quantitative estimate of drug-likeness (QED) is 0.626. The summed E-state index contributed by atoms with van der Waals surface area (Å²) in [6.45, 7) is 3.91. The molecule has 0 bridgehead atoms. The van der Waals surface area contributed by atoms with E-state index < -0.39 is 5.41 Å². The number of rotatable bonds is 4. The Balaban J connectivity index is 3.07. The van der Waals surface area contributed by atoms with Gasteiger partial charge in [-0.05, 0) is 24.5 Å². The van der Waals surface area contributed by atoms with Crippen molar-refractivity contribution >= 4 is 21.9 Å². The number of ether oxygens (including phenoxy) is 1. The number of carbonyl (C=O) groups is 1. The van der Waals surface area contributed by atoms with E-state index in [0.29, 0.717) is 0 Å². The Morgan fingerprint density at radius 2 is 1.94 bits per heavy atom. The van der Waals surface area contributed by atoms with Gasteiger partial charge in [0.2, 0.25) is 0 Å². The molecule has 1 aromatic rings. The van der Waals surface area contributed by atoms with E-state index in [1.807, 2.05) is 38.1 Å². The first-order valence-corrected chi connectivity index (χ1v) is 6.44. The number of hydrogen-bond donors (Lipinski definition) is 0. The van der Waals surface area contributed by atoms with E-state index in [0.717, 1.165) is 17.3 Å². The summed E-state index contributed by atoms with van der Waals surface area (Å²) in [5.74, 6) is -0.179. The smallest absolute Gasteiger partial charge is 0.315 e. The largest absolute Gasteiger partial charge is 0.468 e. The van der Waals surface area contributed by atoms with Gasteiger partial charge in [0.25, 0.3) is 0 Å². The van der Waals surface area contributed by atoms with Crippen LogP contribution in [0.2, 0.25) is 0 Å². The molecule has 16 heavy (non-hydrogen) atoms. The maximum Gasteiger partial charge on any atom is 0.315 e. The molecule has 0 aromatic heterocycles. The molecule has 1 aromatic carbocycles. The zero-order valence-electron chi connectivity index (χ0n) is 9.92. The Bertz CT molecular complexity index is 359. The minimum atomic E-state index is -0.542. The van der Waals surface area contributed by atoms with Gasteiger partial charge in [0.05, 0.1) is 12.5 Å². The first-order chi connectivity index (χ1) is 7.58. The standard InChI is InChI=1S/C13H17BrO2/c1-4-13(2,12(15)16-3)11-7-5-10(9-14)6-8-11/h5-8H,4,9H2,1-3H3. The molecule has 0 aliphatic carbocycles. The molecule has 0 amide bonds. The van der Waals surface area contributed by atoms with Crippen LogP contribution in [0.3, 0.4) is 0 Å². The number of methoxy groups -OCH3 is 1. The molecule has 0 saturated carbocycles. The Labute approximate surface area is 105 Å². The lowest BCUT2D eigenvalue weighted by Crippen LogP contribution is -2.32. The zero-order valence-corrected chi connectivity index (χ0v) is 11.5. The van der Waals surface area contributed by atoms with E-state index in [9.17, 15) is 4.79 Å². The molecule has 0 saturated heterocycles. The van der Waals surface area contributed by atoms with Gasteiger partial charge in [-0.15, -0.1) is 0 Å². The van der Waals surface area contributed by atoms with Gasteiger partial charge in [-0.3, -0.25) is 4.79 Å². The summed E-state index contributed by atoms with van der Waals surface area (Å²) in [5, 5.41) is 0.828. The Kier molecular flexibility index (Phi) is 4.54. The molecule has 2 nitrogen and oxygen atoms in total. The number of carbonyl (C=O) groups excluding carboxylic acids is 1. The van der Waals surface area contributed by atoms with Crippen LogP contribution in [-0.4, -0.2) is 13.1 Å². The third-order valence-corrected chi connectivity index (χ3v) is 3.74. The fourth-order valence-corrected chi connectivity index (χ4v) is 2.03. The first kappa shape index (κ1) is 13.2. The van der Waals surface area contributed by atoms with Crippen LogP contribution < -0.4 is 0 Å². The van der Waals surface area contributed by atoms with Gasteiger partial charge >= 0.3 is 5.97 Å². The summed E-state index contributed by atoms with van der Waals surface area (Å²) in [5.41, 5.74) is 1.66. The van der Waals surface area contributed by atoms with Crippen LogP contribution in [0.25, 0.3) is 0 Å². The van der Waals surface area contributed by atoms with Crippen molar-refractivity contribution in [2.45, 2.75) is 31.0 Å².